The Kier molecular flexibility index (Phi) is 3.88. The van der Waals surface area contributed by atoms with Gasteiger partial charge in [0.15, 0.2) is 0 Å². The minimum Gasteiger partial charge on any atom is -0.393 e. The van der Waals surface area contributed by atoms with E-state index in [-0.39, 0.29) is 6.10 Å². The number of fused-ring (bicyclic) bond motifs is 1. The Morgan fingerprint density at radius 1 is 1.30 bits per heavy atom. The van der Waals surface area contributed by atoms with Gasteiger partial charge in [-0.15, -0.1) is 0 Å². The first-order valence-electron chi connectivity index (χ1n) is 7.63. The molecule has 2 N–H and O–H groups in total. The molecule has 20 heavy (non-hydrogen) atoms. The molecule has 106 valence electrons. The van der Waals surface area contributed by atoms with Crippen LogP contribution in [0.25, 0.3) is 0 Å². The van der Waals surface area contributed by atoms with Crippen LogP contribution in [0.15, 0.2) is 6.07 Å². The van der Waals surface area contributed by atoms with Crippen molar-refractivity contribution in [2.24, 2.45) is 5.92 Å². The van der Waals surface area contributed by atoms with Gasteiger partial charge in [-0.1, -0.05) is 6.42 Å². The minimum absolute atomic E-state index is 0.203. The van der Waals surface area contributed by atoms with Crippen molar-refractivity contribution in [3.05, 3.63) is 22.9 Å². The van der Waals surface area contributed by atoms with Crippen LogP contribution in [0.2, 0.25) is 0 Å². The van der Waals surface area contributed by atoms with E-state index in [1.54, 1.807) is 0 Å². The number of hydrogen-bond acceptors (Lipinski definition) is 4. The highest BCUT2D eigenvalue weighted by atomic mass is 16.3. The summed E-state index contributed by atoms with van der Waals surface area (Å²) in [5.74, 6) is 0.992. The maximum absolute atomic E-state index is 9.86. The van der Waals surface area contributed by atoms with E-state index in [4.69, 9.17) is 0 Å². The van der Waals surface area contributed by atoms with Gasteiger partial charge in [0.1, 0.15) is 11.9 Å². The quantitative estimate of drug-likeness (QED) is 0.885. The van der Waals surface area contributed by atoms with E-state index >= 15 is 0 Å². The van der Waals surface area contributed by atoms with Crippen LogP contribution in [0, 0.1) is 17.2 Å². The van der Waals surface area contributed by atoms with Gasteiger partial charge in [-0.3, -0.25) is 0 Å². The Hall–Kier alpha value is -1.60. The Morgan fingerprint density at radius 3 is 2.90 bits per heavy atom. The number of aliphatic hydroxyl groups excluding tert-OH is 1. The number of hydrogen-bond donors (Lipinski definition) is 2. The third-order valence-electron chi connectivity index (χ3n) is 4.57. The summed E-state index contributed by atoms with van der Waals surface area (Å²) >= 11 is 0. The second-order valence-electron chi connectivity index (χ2n) is 5.95. The summed E-state index contributed by atoms with van der Waals surface area (Å²) in [6.45, 7) is 0.710. The first kappa shape index (κ1) is 13.4. The normalized spacial score (nSPS) is 25.0. The molecule has 0 saturated heterocycles. The van der Waals surface area contributed by atoms with Crippen LogP contribution in [0.1, 0.15) is 48.9 Å². The third kappa shape index (κ3) is 2.64. The largest absolute Gasteiger partial charge is 0.393 e. The molecule has 2 unspecified atom stereocenters. The molecule has 1 saturated carbocycles. The average molecular weight is 271 g/mol. The van der Waals surface area contributed by atoms with E-state index in [9.17, 15) is 10.4 Å². The van der Waals surface area contributed by atoms with E-state index < -0.39 is 0 Å². The predicted molar refractivity (Wildman–Crippen MR) is 77.4 cm³/mol. The maximum atomic E-state index is 9.86. The van der Waals surface area contributed by atoms with E-state index in [0.717, 1.165) is 37.8 Å². The standard InChI is InChI=1S/C16H21N3O/c17-9-13-8-11-4-1-2-6-14(11)19-16(13)18-10-12-5-3-7-15(12)20/h8,12,15,20H,1-7,10H2,(H,18,19). The molecule has 1 heterocycles. The lowest BCUT2D eigenvalue weighted by Gasteiger charge is -2.19. The zero-order valence-electron chi connectivity index (χ0n) is 11.7. The monoisotopic (exact) mass is 271 g/mol. The fourth-order valence-corrected chi connectivity index (χ4v) is 3.34. The SMILES string of the molecule is N#Cc1cc2c(nc1NCC1CCCC1O)CCCC2. The molecule has 2 aliphatic rings. The van der Waals surface area contributed by atoms with Gasteiger partial charge in [0.25, 0.3) is 0 Å². The number of pyridine rings is 1. The van der Waals surface area contributed by atoms with Crippen LogP contribution in [-0.4, -0.2) is 22.7 Å². The molecule has 4 nitrogen and oxygen atoms in total. The van der Waals surface area contributed by atoms with Crippen LogP contribution in [0.4, 0.5) is 5.82 Å². The molecular formula is C16H21N3O. The van der Waals surface area contributed by atoms with Gasteiger partial charge in [-0.2, -0.15) is 5.26 Å². The number of aromatic nitrogens is 1. The average Bonchev–Trinajstić information content (AvgIpc) is 2.89. The minimum atomic E-state index is -0.203. The number of aryl methyl sites for hydroxylation is 2. The van der Waals surface area contributed by atoms with Crippen molar-refractivity contribution in [3.8, 4) is 6.07 Å². The molecule has 1 aromatic heterocycles. The van der Waals surface area contributed by atoms with Gasteiger partial charge in [0.05, 0.1) is 11.7 Å². The maximum Gasteiger partial charge on any atom is 0.144 e. The molecule has 0 aromatic carbocycles. The van der Waals surface area contributed by atoms with E-state index in [2.05, 4.69) is 16.4 Å². The van der Waals surface area contributed by atoms with Gasteiger partial charge in [-0.05, 0) is 50.2 Å². The van der Waals surface area contributed by atoms with Gasteiger partial charge >= 0.3 is 0 Å². The van der Waals surface area contributed by atoms with Crippen molar-refractivity contribution in [2.45, 2.75) is 51.0 Å². The molecule has 4 heteroatoms. The topological polar surface area (TPSA) is 68.9 Å². The molecule has 0 bridgehead atoms. The van der Waals surface area contributed by atoms with Crippen molar-refractivity contribution in [1.82, 2.24) is 4.98 Å². The lowest BCUT2D eigenvalue weighted by Crippen LogP contribution is -2.23. The lowest BCUT2D eigenvalue weighted by molar-refractivity contribution is 0.138. The van der Waals surface area contributed by atoms with Gasteiger partial charge < -0.3 is 10.4 Å². The fraction of sp³-hybridized carbons (Fsp3) is 0.625. The Labute approximate surface area is 119 Å². The summed E-state index contributed by atoms with van der Waals surface area (Å²) in [5, 5.41) is 22.4. The van der Waals surface area contributed by atoms with E-state index in [1.165, 1.54) is 18.4 Å². The Balaban J connectivity index is 1.76. The highest BCUT2D eigenvalue weighted by Gasteiger charge is 2.25. The highest BCUT2D eigenvalue weighted by Crippen LogP contribution is 2.27. The van der Waals surface area contributed by atoms with Crippen molar-refractivity contribution >= 4 is 5.82 Å². The summed E-state index contributed by atoms with van der Waals surface area (Å²) in [7, 11) is 0. The number of nitrogens with one attached hydrogen (secondary N) is 1. The van der Waals surface area contributed by atoms with Crippen molar-refractivity contribution < 1.29 is 5.11 Å². The number of aliphatic hydroxyl groups is 1. The summed E-state index contributed by atoms with van der Waals surface area (Å²) in [4.78, 5) is 4.65. The molecule has 0 radical (unpaired) electrons. The van der Waals surface area contributed by atoms with Gasteiger partial charge in [0, 0.05) is 18.2 Å². The van der Waals surface area contributed by atoms with Gasteiger partial charge in [-0.25, -0.2) is 4.98 Å². The molecule has 2 aliphatic carbocycles. The summed E-state index contributed by atoms with van der Waals surface area (Å²) in [6.07, 6.45) is 7.28. The van der Waals surface area contributed by atoms with Crippen LogP contribution < -0.4 is 5.32 Å². The van der Waals surface area contributed by atoms with Crippen molar-refractivity contribution in [3.63, 3.8) is 0 Å². The number of nitrogens with zero attached hydrogens (tertiary/aromatic N) is 2. The second-order valence-corrected chi connectivity index (χ2v) is 5.95. The van der Waals surface area contributed by atoms with E-state index in [1.807, 2.05) is 6.07 Å². The smallest absolute Gasteiger partial charge is 0.144 e. The summed E-state index contributed by atoms with van der Waals surface area (Å²) in [6, 6.07) is 4.24. The van der Waals surface area contributed by atoms with Crippen molar-refractivity contribution in [2.75, 3.05) is 11.9 Å². The van der Waals surface area contributed by atoms with Crippen LogP contribution >= 0.6 is 0 Å². The Bertz CT molecular complexity index is 535. The second kappa shape index (κ2) is 5.80. The molecule has 3 rings (SSSR count). The fourth-order valence-electron chi connectivity index (χ4n) is 3.34. The molecule has 1 aromatic rings. The summed E-state index contributed by atoms with van der Waals surface area (Å²) in [5.41, 5.74) is 3.02. The van der Waals surface area contributed by atoms with Crippen LogP contribution in [0.5, 0.6) is 0 Å². The number of nitriles is 1. The zero-order chi connectivity index (χ0) is 13.9. The van der Waals surface area contributed by atoms with Gasteiger partial charge in [0.2, 0.25) is 0 Å². The molecular weight excluding hydrogens is 250 g/mol. The van der Waals surface area contributed by atoms with Crippen LogP contribution in [-0.2, 0) is 12.8 Å². The predicted octanol–water partition coefficient (Wildman–Crippen LogP) is 2.40. The van der Waals surface area contributed by atoms with Crippen molar-refractivity contribution in [1.29, 1.82) is 5.26 Å². The zero-order valence-corrected chi connectivity index (χ0v) is 11.7. The Morgan fingerprint density at radius 2 is 2.15 bits per heavy atom. The molecule has 0 spiro atoms. The van der Waals surface area contributed by atoms with E-state index in [0.29, 0.717) is 23.8 Å². The summed E-state index contributed by atoms with van der Waals surface area (Å²) < 4.78 is 0. The lowest BCUT2D eigenvalue weighted by atomic mass is 9.95. The highest BCUT2D eigenvalue weighted by molar-refractivity contribution is 5.54. The number of anilines is 1. The molecule has 2 atom stereocenters. The first-order chi connectivity index (χ1) is 9.78. The molecule has 1 fully saturated rings. The molecule has 0 amide bonds. The first-order valence-corrected chi connectivity index (χ1v) is 7.63. The third-order valence-corrected chi connectivity index (χ3v) is 4.57. The van der Waals surface area contributed by atoms with Crippen LogP contribution in [0.3, 0.4) is 0 Å². The number of rotatable bonds is 3. The molecule has 0 aliphatic heterocycles.